The molecule has 0 aliphatic rings. The van der Waals surface area contributed by atoms with Gasteiger partial charge in [0.25, 0.3) is 0 Å². The molecule has 5 heteroatoms. The fourth-order valence-corrected chi connectivity index (χ4v) is 2.91. The van der Waals surface area contributed by atoms with E-state index in [1.54, 1.807) is 12.1 Å². The predicted octanol–water partition coefficient (Wildman–Crippen LogP) is 1.89. The zero-order valence-electron chi connectivity index (χ0n) is 12.4. The van der Waals surface area contributed by atoms with Crippen molar-refractivity contribution in [1.82, 2.24) is 4.57 Å². The lowest BCUT2D eigenvalue weighted by molar-refractivity contribution is 0.0699. The molecule has 1 heterocycles. The molecule has 0 fully saturated rings. The maximum absolute atomic E-state index is 11.5. The van der Waals surface area contributed by atoms with Crippen LogP contribution in [-0.2, 0) is 13.0 Å². The number of rotatable bonds is 7. The number of fused-ring (bicyclic) bond motifs is 1. The van der Waals surface area contributed by atoms with Crippen LogP contribution < -0.4 is 11.5 Å². The van der Waals surface area contributed by atoms with Gasteiger partial charge in [-0.1, -0.05) is 6.07 Å². The van der Waals surface area contributed by atoms with E-state index < -0.39 is 5.97 Å². The molecule has 0 saturated carbocycles. The topological polar surface area (TPSA) is 94.3 Å². The van der Waals surface area contributed by atoms with Gasteiger partial charge in [0.1, 0.15) is 0 Å². The maximum Gasteiger partial charge on any atom is 0.336 e. The number of nitrogens with zero attached hydrogens (tertiary/aromatic N) is 1. The van der Waals surface area contributed by atoms with Gasteiger partial charge in [-0.15, -0.1) is 0 Å². The lowest BCUT2D eigenvalue weighted by Gasteiger charge is -2.07. The summed E-state index contributed by atoms with van der Waals surface area (Å²) in [5.41, 5.74) is 14.8. The molecule has 0 saturated heterocycles. The number of aromatic carboxylic acids is 1. The second-order valence-corrected chi connectivity index (χ2v) is 5.25. The van der Waals surface area contributed by atoms with Gasteiger partial charge >= 0.3 is 5.97 Å². The van der Waals surface area contributed by atoms with Crippen molar-refractivity contribution in [3.05, 3.63) is 35.0 Å². The molecule has 2 aromatic rings. The van der Waals surface area contributed by atoms with Gasteiger partial charge in [0, 0.05) is 23.1 Å². The Hall–Kier alpha value is -1.85. The monoisotopic (exact) mass is 289 g/mol. The van der Waals surface area contributed by atoms with Crippen LogP contribution in [0.2, 0.25) is 0 Å². The third-order valence-corrected chi connectivity index (χ3v) is 3.92. The summed E-state index contributed by atoms with van der Waals surface area (Å²) < 4.78 is 2.18. The highest BCUT2D eigenvalue weighted by Gasteiger charge is 2.19. The Labute approximate surface area is 124 Å². The summed E-state index contributed by atoms with van der Waals surface area (Å²) in [5.74, 6) is -0.884. The van der Waals surface area contributed by atoms with E-state index in [0.29, 0.717) is 18.7 Å². The summed E-state index contributed by atoms with van der Waals surface area (Å²) in [6, 6.07) is 5.46. The summed E-state index contributed by atoms with van der Waals surface area (Å²) in [7, 11) is 0. The van der Waals surface area contributed by atoms with Gasteiger partial charge in [-0.05, 0) is 57.0 Å². The zero-order valence-corrected chi connectivity index (χ0v) is 12.4. The number of hydrogen-bond acceptors (Lipinski definition) is 3. The highest BCUT2D eigenvalue weighted by molar-refractivity contribution is 6.05. The first-order valence-corrected chi connectivity index (χ1v) is 7.36. The van der Waals surface area contributed by atoms with Crippen molar-refractivity contribution in [3.8, 4) is 0 Å². The fourth-order valence-electron chi connectivity index (χ4n) is 2.91. The molecule has 1 aromatic heterocycles. The second kappa shape index (κ2) is 6.74. The third-order valence-electron chi connectivity index (χ3n) is 3.92. The van der Waals surface area contributed by atoms with Crippen LogP contribution in [-0.4, -0.2) is 28.7 Å². The Kier molecular flexibility index (Phi) is 4.98. The molecular formula is C16H23N3O2. The van der Waals surface area contributed by atoms with Crippen LogP contribution in [0.25, 0.3) is 10.9 Å². The van der Waals surface area contributed by atoms with E-state index in [1.165, 1.54) is 0 Å². The smallest absolute Gasteiger partial charge is 0.336 e. The number of aryl methyl sites for hydroxylation is 2. The average Bonchev–Trinajstić information content (AvgIpc) is 2.74. The summed E-state index contributed by atoms with van der Waals surface area (Å²) >= 11 is 0. The first-order chi connectivity index (χ1) is 10.1. The minimum Gasteiger partial charge on any atom is -0.478 e. The van der Waals surface area contributed by atoms with E-state index in [4.69, 9.17) is 11.5 Å². The summed E-state index contributed by atoms with van der Waals surface area (Å²) in [6.45, 7) is 4.08. The van der Waals surface area contributed by atoms with Crippen molar-refractivity contribution in [2.75, 3.05) is 13.1 Å². The van der Waals surface area contributed by atoms with Crippen LogP contribution in [0.1, 0.15) is 34.5 Å². The van der Waals surface area contributed by atoms with Crippen LogP contribution in [0.3, 0.4) is 0 Å². The number of aromatic nitrogens is 1. The van der Waals surface area contributed by atoms with Crippen LogP contribution >= 0.6 is 0 Å². The molecule has 5 nitrogen and oxygen atoms in total. The molecule has 0 spiro atoms. The van der Waals surface area contributed by atoms with Gasteiger partial charge in [0.05, 0.1) is 5.56 Å². The highest BCUT2D eigenvalue weighted by Crippen LogP contribution is 2.30. The van der Waals surface area contributed by atoms with Crippen molar-refractivity contribution >= 4 is 16.9 Å². The van der Waals surface area contributed by atoms with Gasteiger partial charge in [-0.25, -0.2) is 4.79 Å². The van der Waals surface area contributed by atoms with Crippen LogP contribution in [0, 0.1) is 6.92 Å². The molecule has 0 radical (unpaired) electrons. The molecule has 114 valence electrons. The van der Waals surface area contributed by atoms with Gasteiger partial charge < -0.3 is 21.1 Å². The Morgan fingerprint density at radius 3 is 2.57 bits per heavy atom. The van der Waals surface area contributed by atoms with Crippen LogP contribution in [0.5, 0.6) is 0 Å². The van der Waals surface area contributed by atoms with Crippen molar-refractivity contribution in [2.24, 2.45) is 11.5 Å². The van der Waals surface area contributed by atoms with Crippen molar-refractivity contribution in [3.63, 3.8) is 0 Å². The van der Waals surface area contributed by atoms with Gasteiger partial charge in [-0.2, -0.15) is 0 Å². The minimum absolute atomic E-state index is 0.370. The second-order valence-electron chi connectivity index (χ2n) is 5.25. The maximum atomic E-state index is 11.5. The lowest BCUT2D eigenvalue weighted by Crippen LogP contribution is -2.07. The van der Waals surface area contributed by atoms with Gasteiger partial charge in [0.15, 0.2) is 0 Å². The number of carboxylic acid groups (broad SMARTS) is 1. The quantitative estimate of drug-likeness (QED) is 0.725. The largest absolute Gasteiger partial charge is 0.478 e. The van der Waals surface area contributed by atoms with E-state index in [2.05, 4.69) is 4.57 Å². The molecule has 0 aliphatic heterocycles. The number of hydrogen-bond donors (Lipinski definition) is 3. The van der Waals surface area contributed by atoms with Crippen molar-refractivity contribution in [2.45, 2.75) is 32.7 Å². The van der Waals surface area contributed by atoms with E-state index in [-0.39, 0.29) is 0 Å². The fraction of sp³-hybridized carbons (Fsp3) is 0.438. The number of nitrogens with two attached hydrogens (primary N) is 2. The molecule has 0 amide bonds. The molecule has 2 rings (SSSR count). The van der Waals surface area contributed by atoms with Crippen LogP contribution in [0.15, 0.2) is 18.2 Å². The van der Waals surface area contributed by atoms with E-state index in [1.807, 2.05) is 13.0 Å². The SMILES string of the molecule is Cc1c(CCCN)c2c(C(=O)O)cccc2n1CCCN. The van der Waals surface area contributed by atoms with Gasteiger partial charge in [-0.3, -0.25) is 0 Å². The molecule has 0 unspecified atom stereocenters. The Balaban J connectivity index is 2.66. The summed E-state index contributed by atoms with van der Waals surface area (Å²) in [6.07, 6.45) is 2.53. The third kappa shape index (κ3) is 2.94. The first-order valence-electron chi connectivity index (χ1n) is 7.36. The summed E-state index contributed by atoms with van der Waals surface area (Å²) in [5, 5.41) is 10.3. The molecule has 21 heavy (non-hydrogen) atoms. The molecule has 1 aromatic carbocycles. The Morgan fingerprint density at radius 2 is 1.95 bits per heavy atom. The van der Waals surface area contributed by atoms with Crippen molar-refractivity contribution < 1.29 is 9.90 Å². The minimum atomic E-state index is -0.884. The van der Waals surface area contributed by atoms with E-state index >= 15 is 0 Å². The van der Waals surface area contributed by atoms with Crippen LogP contribution in [0.4, 0.5) is 0 Å². The molecule has 0 aliphatic carbocycles. The Morgan fingerprint density at radius 1 is 1.24 bits per heavy atom. The average molecular weight is 289 g/mol. The van der Waals surface area contributed by atoms with E-state index in [9.17, 15) is 9.90 Å². The standard InChI is InChI=1S/C16H23N3O2/c1-11-12(6-3-8-17)15-13(16(20)21)5-2-7-14(15)19(11)10-4-9-18/h2,5,7H,3-4,6,8-10,17-18H2,1H3,(H,20,21). The molecule has 0 bridgehead atoms. The molecule has 5 N–H and O–H groups in total. The number of benzene rings is 1. The van der Waals surface area contributed by atoms with E-state index in [0.717, 1.165) is 48.0 Å². The first kappa shape index (κ1) is 15.5. The molecule has 0 atom stereocenters. The summed E-state index contributed by atoms with van der Waals surface area (Å²) in [4.78, 5) is 11.5. The van der Waals surface area contributed by atoms with Gasteiger partial charge in [0.2, 0.25) is 0 Å². The Bertz CT molecular complexity index is 646. The number of carbonyl (C=O) groups is 1. The van der Waals surface area contributed by atoms with Crippen molar-refractivity contribution in [1.29, 1.82) is 0 Å². The lowest BCUT2D eigenvalue weighted by atomic mass is 10.0. The zero-order chi connectivity index (χ0) is 15.4. The number of carboxylic acids is 1. The molecular weight excluding hydrogens is 266 g/mol. The predicted molar refractivity (Wildman–Crippen MR) is 84.7 cm³/mol. The normalized spacial score (nSPS) is 11.2. The highest BCUT2D eigenvalue weighted by atomic mass is 16.4.